The molecule has 0 aliphatic carbocycles. The van der Waals surface area contributed by atoms with Gasteiger partial charge in [0.25, 0.3) is 0 Å². The van der Waals surface area contributed by atoms with Crippen molar-refractivity contribution in [2.75, 3.05) is 0 Å². The quantitative estimate of drug-likeness (QED) is 0.262. The zero-order valence-electron chi connectivity index (χ0n) is 21.1. The number of hydrogen-bond acceptors (Lipinski definition) is 9. The molecular weight excluding hydrogens is 512 g/mol. The highest BCUT2D eigenvalue weighted by molar-refractivity contribution is 5.92. The molecule has 6 rings (SSSR count). The second kappa shape index (κ2) is 10.2. The molecule has 0 atom stereocenters. The maximum Gasteiger partial charge on any atom is 0.227 e. The number of fused-ring (bicyclic) bond motifs is 1. The summed E-state index contributed by atoms with van der Waals surface area (Å²) in [5, 5.41) is 38.5. The lowest BCUT2D eigenvalue weighted by Gasteiger charge is -2.08. The standard InChI is InChI=1S/C32H14N8O/c33-15-23-24(16-34)26(18-36)28-27(25(23)17-35)37-32(41-28)22-13-11-21(12-14-22)31-39-29(19-7-3-1-4-8-19)38-30(40-31)20-9-5-2-6-10-20/h1-14H. The van der Waals surface area contributed by atoms with Gasteiger partial charge in [0.05, 0.1) is 11.1 Å². The van der Waals surface area contributed by atoms with Crippen LogP contribution in [0, 0.1) is 45.3 Å². The molecular formula is C32H14N8O. The predicted octanol–water partition coefficient (Wildman–Crippen LogP) is 6.17. The van der Waals surface area contributed by atoms with Gasteiger partial charge in [0.15, 0.2) is 23.1 Å². The fourth-order valence-corrected chi connectivity index (χ4v) is 4.40. The first-order valence-electron chi connectivity index (χ1n) is 12.2. The highest BCUT2D eigenvalue weighted by atomic mass is 16.3. The van der Waals surface area contributed by atoms with Crippen molar-refractivity contribution in [2.45, 2.75) is 0 Å². The molecule has 2 heterocycles. The molecule has 9 nitrogen and oxygen atoms in total. The third-order valence-electron chi connectivity index (χ3n) is 6.38. The third kappa shape index (κ3) is 4.29. The van der Waals surface area contributed by atoms with E-state index in [9.17, 15) is 21.0 Å². The fraction of sp³-hybridized carbons (Fsp3) is 0. The summed E-state index contributed by atoms with van der Waals surface area (Å²) in [7, 11) is 0. The van der Waals surface area contributed by atoms with Crippen molar-refractivity contribution in [3.8, 4) is 69.9 Å². The molecule has 0 radical (unpaired) electrons. The minimum Gasteiger partial charge on any atom is -0.435 e. The number of rotatable bonds is 4. The smallest absolute Gasteiger partial charge is 0.227 e. The van der Waals surface area contributed by atoms with E-state index in [1.807, 2.05) is 84.9 Å². The van der Waals surface area contributed by atoms with Crippen LogP contribution in [0.3, 0.4) is 0 Å². The monoisotopic (exact) mass is 526 g/mol. The maximum atomic E-state index is 9.69. The number of nitriles is 4. The zero-order valence-corrected chi connectivity index (χ0v) is 21.1. The molecule has 9 heteroatoms. The number of oxazole rings is 1. The normalized spacial score (nSPS) is 10.3. The average molecular weight is 527 g/mol. The Morgan fingerprint density at radius 3 is 1.32 bits per heavy atom. The summed E-state index contributed by atoms with van der Waals surface area (Å²) in [5.41, 5.74) is 2.34. The first-order chi connectivity index (χ1) is 20.1. The van der Waals surface area contributed by atoms with Crippen molar-refractivity contribution in [3.63, 3.8) is 0 Å². The van der Waals surface area contributed by atoms with Crippen LogP contribution in [0.15, 0.2) is 89.3 Å². The van der Waals surface area contributed by atoms with Crippen molar-refractivity contribution in [1.29, 1.82) is 21.0 Å². The molecule has 41 heavy (non-hydrogen) atoms. The fourth-order valence-electron chi connectivity index (χ4n) is 4.40. The van der Waals surface area contributed by atoms with Crippen molar-refractivity contribution >= 4 is 11.1 Å². The van der Waals surface area contributed by atoms with Crippen molar-refractivity contribution < 1.29 is 4.42 Å². The highest BCUT2D eigenvalue weighted by Gasteiger charge is 2.25. The van der Waals surface area contributed by atoms with Gasteiger partial charge in [0.1, 0.15) is 40.9 Å². The zero-order chi connectivity index (χ0) is 28.3. The SMILES string of the molecule is N#Cc1c(C#N)c(C#N)c2oc(-c3ccc(-c4nc(-c5ccccc5)nc(-c5ccccc5)n4)cc3)nc2c1C#N. The van der Waals surface area contributed by atoms with Crippen LogP contribution < -0.4 is 0 Å². The Labute approximate surface area is 233 Å². The van der Waals surface area contributed by atoms with Gasteiger partial charge in [0, 0.05) is 22.3 Å². The van der Waals surface area contributed by atoms with Gasteiger partial charge >= 0.3 is 0 Å². The Kier molecular flexibility index (Phi) is 6.15. The van der Waals surface area contributed by atoms with Crippen LogP contribution in [0.2, 0.25) is 0 Å². The number of aromatic nitrogens is 4. The summed E-state index contributed by atoms with van der Waals surface area (Å²) in [6.07, 6.45) is 0. The number of hydrogen-bond donors (Lipinski definition) is 0. The summed E-state index contributed by atoms with van der Waals surface area (Å²) in [6.45, 7) is 0. The average Bonchev–Trinajstić information content (AvgIpc) is 3.49. The molecule has 0 N–H and O–H groups in total. The van der Waals surface area contributed by atoms with E-state index in [0.29, 0.717) is 23.0 Å². The van der Waals surface area contributed by atoms with Crippen LogP contribution >= 0.6 is 0 Å². The Morgan fingerprint density at radius 2 is 0.854 bits per heavy atom. The van der Waals surface area contributed by atoms with E-state index in [2.05, 4.69) is 4.98 Å². The first kappa shape index (κ1) is 24.6. The first-order valence-corrected chi connectivity index (χ1v) is 12.2. The highest BCUT2D eigenvalue weighted by Crippen LogP contribution is 2.34. The van der Waals surface area contributed by atoms with Crippen molar-refractivity contribution in [3.05, 3.63) is 107 Å². The van der Waals surface area contributed by atoms with Gasteiger partial charge in [-0.3, -0.25) is 0 Å². The van der Waals surface area contributed by atoms with E-state index in [0.717, 1.165) is 16.7 Å². The Hall–Kier alpha value is -6.68. The van der Waals surface area contributed by atoms with Crippen molar-refractivity contribution in [2.24, 2.45) is 0 Å². The topological polar surface area (TPSA) is 160 Å². The molecule has 188 valence electrons. The van der Waals surface area contributed by atoms with Crippen LogP contribution in [0.5, 0.6) is 0 Å². The van der Waals surface area contributed by atoms with Gasteiger partial charge in [-0.05, 0) is 12.1 Å². The Morgan fingerprint density at radius 1 is 0.439 bits per heavy atom. The van der Waals surface area contributed by atoms with Gasteiger partial charge < -0.3 is 4.42 Å². The van der Waals surface area contributed by atoms with E-state index in [1.54, 1.807) is 24.3 Å². The molecule has 0 unspecified atom stereocenters. The van der Waals surface area contributed by atoms with Gasteiger partial charge in [-0.15, -0.1) is 0 Å². The molecule has 6 aromatic rings. The second-order valence-corrected chi connectivity index (χ2v) is 8.76. The minimum atomic E-state index is -0.213. The lowest BCUT2D eigenvalue weighted by molar-refractivity contribution is 0.618. The van der Waals surface area contributed by atoms with Gasteiger partial charge in [-0.2, -0.15) is 21.0 Å². The lowest BCUT2D eigenvalue weighted by atomic mass is 9.97. The van der Waals surface area contributed by atoms with Gasteiger partial charge in [-0.25, -0.2) is 19.9 Å². The van der Waals surface area contributed by atoms with E-state index in [-0.39, 0.29) is 39.2 Å². The molecule has 0 saturated carbocycles. The van der Waals surface area contributed by atoms with E-state index in [4.69, 9.17) is 19.4 Å². The number of nitrogens with zero attached hydrogens (tertiary/aromatic N) is 8. The second-order valence-electron chi connectivity index (χ2n) is 8.76. The van der Waals surface area contributed by atoms with E-state index in [1.165, 1.54) is 0 Å². The molecule has 0 aliphatic rings. The Balaban J connectivity index is 1.46. The molecule has 4 aromatic carbocycles. The molecule has 0 saturated heterocycles. The molecule has 0 amide bonds. The van der Waals surface area contributed by atoms with E-state index >= 15 is 0 Å². The van der Waals surface area contributed by atoms with Crippen LogP contribution in [0.4, 0.5) is 0 Å². The third-order valence-corrected chi connectivity index (χ3v) is 6.38. The van der Waals surface area contributed by atoms with Crippen LogP contribution in [0.1, 0.15) is 22.3 Å². The molecule has 0 aliphatic heterocycles. The van der Waals surface area contributed by atoms with Crippen LogP contribution in [0.25, 0.3) is 56.7 Å². The summed E-state index contributed by atoms with van der Waals surface area (Å²) >= 11 is 0. The molecule has 0 bridgehead atoms. The summed E-state index contributed by atoms with van der Waals surface area (Å²) < 4.78 is 5.87. The Bertz CT molecular complexity index is 2000. The summed E-state index contributed by atoms with van der Waals surface area (Å²) in [4.78, 5) is 18.6. The van der Waals surface area contributed by atoms with Crippen molar-refractivity contribution in [1.82, 2.24) is 19.9 Å². The predicted molar refractivity (Wildman–Crippen MR) is 148 cm³/mol. The number of benzene rings is 4. The largest absolute Gasteiger partial charge is 0.435 e. The van der Waals surface area contributed by atoms with Crippen LogP contribution in [-0.2, 0) is 0 Å². The molecule has 0 fully saturated rings. The molecule has 2 aromatic heterocycles. The van der Waals surface area contributed by atoms with Gasteiger partial charge in [0.2, 0.25) is 5.89 Å². The summed E-state index contributed by atoms with van der Waals surface area (Å²) in [6, 6.07) is 33.9. The van der Waals surface area contributed by atoms with Crippen LogP contribution in [-0.4, -0.2) is 19.9 Å². The lowest BCUT2D eigenvalue weighted by Crippen LogP contribution is -2.00. The molecule has 0 spiro atoms. The van der Waals surface area contributed by atoms with Gasteiger partial charge in [-0.1, -0.05) is 72.8 Å². The summed E-state index contributed by atoms with van der Waals surface area (Å²) in [5.74, 6) is 1.67. The minimum absolute atomic E-state index is 0.0175. The van der Waals surface area contributed by atoms with E-state index < -0.39 is 0 Å². The maximum absolute atomic E-state index is 9.69.